The maximum atomic E-state index is 12.3. The van der Waals surface area contributed by atoms with Crippen molar-refractivity contribution in [2.45, 2.75) is 19.3 Å². The lowest BCUT2D eigenvalue weighted by Crippen LogP contribution is -2.20. The van der Waals surface area contributed by atoms with Crippen molar-refractivity contribution in [3.8, 4) is 11.5 Å². The lowest BCUT2D eigenvalue weighted by atomic mass is 10.0. The summed E-state index contributed by atoms with van der Waals surface area (Å²) in [5.74, 6) is -0.732. The van der Waals surface area contributed by atoms with Crippen molar-refractivity contribution in [1.82, 2.24) is 14.8 Å². The standard InChI is InChI=1S/C18H17N3O4/c1-11(8-12-6-4-3-5-7-12)15-19-20-16(25-15)14-9-13(18(23)24)10-21(2)17(14)22/h3-7,9-11H,8H2,1-2H3,(H,23,24). The minimum atomic E-state index is -1.13. The Balaban J connectivity index is 1.91. The molecular weight excluding hydrogens is 322 g/mol. The molecule has 1 aromatic carbocycles. The van der Waals surface area contributed by atoms with Crippen molar-refractivity contribution in [1.29, 1.82) is 0 Å². The Hall–Kier alpha value is -3.22. The topological polar surface area (TPSA) is 98.2 Å². The fourth-order valence-electron chi connectivity index (χ4n) is 2.58. The van der Waals surface area contributed by atoms with Crippen LogP contribution in [-0.2, 0) is 13.5 Å². The Morgan fingerprint density at radius 3 is 2.68 bits per heavy atom. The maximum absolute atomic E-state index is 12.3. The predicted molar refractivity (Wildman–Crippen MR) is 90.5 cm³/mol. The van der Waals surface area contributed by atoms with E-state index >= 15 is 0 Å². The number of hydrogen-bond acceptors (Lipinski definition) is 5. The third kappa shape index (κ3) is 3.50. The third-order valence-corrected chi connectivity index (χ3v) is 3.91. The highest BCUT2D eigenvalue weighted by atomic mass is 16.4. The number of hydrogen-bond donors (Lipinski definition) is 1. The molecule has 0 bridgehead atoms. The zero-order chi connectivity index (χ0) is 18.0. The fourth-order valence-corrected chi connectivity index (χ4v) is 2.58. The molecule has 3 rings (SSSR count). The van der Waals surface area contributed by atoms with Gasteiger partial charge in [0.1, 0.15) is 5.56 Å². The van der Waals surface area contributed by atoms with Crippen molar-refractivity contribution in [2.75, 3.05) is 0 Å². The zero-order valence-electron chi connectivity index (χ0n) is 13.8. The van der Waals surface area contributed by atoms with Gasteiger partial charge in [-0.3, -0.25) is 4.79 Å². The lowest BCUT2D eigenvalue weighted by Gasteiger charge is -2.06. The molecule has 0 amide bonds. The second-order valence-corrected chi connectivity index (χ2v) is 5.90. The maximum Gasteiger partial charge on any atom is 0.337 e. The summed E-state index contributed by atoms with van der Waals surface area (Å²) in [7, 11) is 1.48. The van der Waals surface area contributed by atoms with Crippen LogP contribution in [0.15, 0.2) is 51.8 Å². The first kappa shape index (κ1) is 16.6. The number of rotatable bonds is 5. The molecule has 0 aliphatic heterocycles. The monoisotopic (exact) mass is 339 g/mol. The summed E-state index contributed by atoms with van der Waals surface area (Å²) >= 11 is 0. The lowest BCUT2D eigenvalue weighted by molar-refractivity contribution is 0.0696. The molecule has 2 aromatic heterocycles. The van der Waals surface area contributed by atoms with E-state index in [1.165, 1.54) is 23.9 Å². The van der Waals surface area contributed by atoms with Crippen LogP contribution < -0.4 is 5.56 Å². The number of nitrogens with zero attached hydrogens (tertiary/aromatic N) is 3. The highest BCUT2D eigenvalue weighted by Crippen LogP contribution is 2.23. The van der Waals surface area contributed by atoms with Crippen LogP contribution in [-0.4, -0.2) is 25.8 Å². The molecule has 1 atom stereocenters. The van der Waals surface area contributed by atoms with Crippen LogP contribution in [0, 0.1) is 0 Å². The normalized spacial score (nSPS) is 12.1. The van der Waals surface area contributed by atoms with Gasteiger partial charge in [-0.25, -0.2) is 4.79 Å². The van der Waals surface area contributed by atoms with Crippen molar-refractivity contribution < 1.29 is 14.3 Å². The first-order chi connectivity index (χ1) is 12.0. The van der Waals surface area contributed by atoms with E-state index in [9.17, 15) is 9.59 Å². The van der Waals surface area contributed by atoms with E-state index in [0.29, 0.717) is 5.89 Å². The second-order valence-electron chi connectivity index (χ2n) is 5.90. The van der Waals surface area contributed by atoms with Crippen LogP contribution in [0.5, 0.6) is 0 Å². The number of carbonyl (C=O) groups is 1. The van der Waals surface area contributed by atoms with Crippen LogP contribution >= 0.6 is 0 Å². The second kappa shape index (κ2) is 6.72. The third-order valence-electron chi connectivity index (χ3n) is 3.91. The summed E-state index contributed by atoms with van der Waals surface area (Å²) in [6.45, 7) is 1.95. The van der Waals surface area contributed by atoms with E-state index in [4.69, 9.17) is 9.52 Å². The Bertz CT molecular complexity index is 960. The van der Waals surface area contributed by atoms with Gasteiger partial charge in [-0.15, -0.1) is 10.2 Å². The van der Waals surface area contributed by atoms with Crippen LogP contribution in [0.2, 0.25) is 0 Å². The summed E-state index contributed by atoms with van der Waals surface area (Å²) in [4.78, 5) is 23.4. The average molecular weight is 339 g/mol. The molecule has 7 nitrogen and oxygen atoms in total. The molecule has 25 heavy (non-hydrogen) atoms. The molecule has 7 heteroatoms. The molecule has 1 N–H and O–H groups in total. The molecule has 1 unspecified atom stereocenters. The van der Waals surface area contributed by atoms with E-state index < -0.39 is 11.5 Å². The summed E-state index contributed by atoms with van der Waals surface area (Å²) in [5.41, 5.74) is 0.802. The summed E-state index contributed by atoms with van der Waals surface area (Å²) in [6, 6.07) is 11.2. The number of carboxylic acids is 1. The summed E-state index contributed by atoms with van der Waals surface area (Å²) in [6.07, 6.45) is 1.97. The Kier molecular flexibility index (Phi) is 4.47. The van der Waals surface area contributed by atoms with Gasteiger partial charge >= 0.3 is 5.97 Å². The molecular formula is C18H17N3O4. The van der Waals surface area contributed by atoms with Gasteiger partial charge in [0.15, 0.2) is 0 Å². The van der Waals surface area contributed by atoms with Gasteiger partial charge in [-0.1, -0.05) is 37.3 Å². The van der Waals surface area contributed by atoms with E-state index in [-0.39, 0.29) is 22.9 Å². The van der Waals surface area contributed by atoms with Gasteiger partial charge in [0.05, 0.1) is 5.56 Å². The van der Waals surface area contributed by atoms with Crippen LogP contribution in [0.1, 0.15) is 34.7 Å². The molecule has 0 spiro atoms. The van der Waals surface area contributed by atoms with Crippen LogP contribution in [0.4, 0.5) is 0 Å². The van der Waals surface area contributed by atoms with E-state index in [2.05, 4.69) is 10.2 Å². The fraction of sp³-hybridized carbons (Fsp3) is 0.222. The van der Waals surface area contributed by atoms with E-state index in [1.54, 1.807) is 0 Å². The smallest absolute Gasteiger partial charge is 0.337 e. The molecule has 0 fully saturated rings. The number of benzene rings is 1. The summed E-state index contributed by atoms with van der Waals surface area (Å²) in [5, 5.41) is 17.1. The Morgan fingerprint density at radius 1 is 1.28 bits per heavy atom. The van der Waals surface area contributed by atoms with Crippen molar-refractivity contribution in [2.24, 2.45) is 7.05 Å². The molecule has 128 valence electrons. The molecule has 0 saturated carbocycles. The van der Waals surface area contributed by atoms with Crippen molar-refractivity contribution in [3.05, 3.63) is 70.0 Å². The Morgan fingerprint density at radius 2 is 2.00 bits per heavy atom. The molecule has 0 saturated heterocycles. The zero-order valence-corrected chi connectivity index (χ0v) is 13.8. The van der Waals surface area contributed by atoms with E-state index in [0.717, 1.165) is 12.0 Å². The highest BCUT2D eigenvalue weighted by molar-refractivity contribution is 5.88. The van der Waals surface area contributed by atoms with Gasteiger partial charge in [0, 0.05) is 19.2 Å². The first-order valence-electron chi connectivity index (χ1n) is 7.77. The van der Waals surface area contributed by atoms with Gasteiger partial charge in [0.2, 0.25) is 5.89 Å². The van der Waals surface area contributed by atoms with Gasteiger partial charge in [-0.05, 0) is 18.1 Å². The number of aromatic nitrogens is 3. The number of pyridine rings is 1. The van der Waals surface area contributed by atoms with Crippen LogP contribution in [0.3, 0.4) is 0 Å². The molecule has 2 heterocycles. The highest BCUT2D eigenvalue weighted by Gasteiger charge is 2.19. The molecule has 0 aliphatic carbocycles. The average Bonchev–Trinajstić information content (AvgIpc) is 3.08. The van der Waals surface area contributed by atoms with E-state index in [1.807, 2.05) is 37.3 Å². The first-order valence-corrected chi connectivity index (χ1v) is 7.77. The van der Waals surface area contributed by atoms with Crippen molar-refractivity contribution in [3.63, 3.8) is 0 Å². The molecule has 3 aromatic rings. The number of aromatic carboxylic acids is 1. The minimum absolute atomic E-state index is 0.0193. The quantitative estimate of drug-likeness (QED) is 0.767. The predicted octanol–water partition coefficient (Wildman–Crippen LogP) is 2.48. The SMILES string of the molecule is CC(Cc1ccccc1)c1nnc(-c2cc(C(=O)O)cn(C)c2=O)o1. The number of aryl methyl sites for hydroxylation is 1. The number of carboxylic acid groups (broad SMARTS) is 1. The van der Waals surface area contributed by atoms with Gasteiger partial charge < -0.3 is 14.1 Å². The molecule has 0 aliphatic rings. The van der Waals surface area contributed by atoms with Crippen molar-refractivity contribution >= 4 is 5.97 Å². The van der Waals surface area contributed by atoms with Gasteiger partial charge in [-0.2, -0.15) is 0 Å². The Labute approximate surface area is 143 Å². The molecule has 0 radical (unpaired) electrons. The summed E-state index contributed by atoms with van der Waals surface area (Å²) < 4.78 is 6.84. The van der Waals surface area contributed by atoms with Crippen LogP contribution in [0.25, 0.3) is 11.5 Å². The van der Waals surface area contributed by atoms with Gasteiger partial charge in [0.25, 0.3) is 11.4 Å². The largest absolute Gasteiger partial charge is 0.478 e. The minimum Gasteiger partial charge on any atom is -0.478 e.